The Labute approximate surface area is 117 Å². The van der Waals surface area contributed by atoms with Crippen molar-refractivity contribution >= 4 is 29.0 Å². The zero-order valence-electron chi connectivity index (χ0n) is 10.5. The van der Waals surface area contributed by atoms with E-state index in [-0.39, 0.29) is 5.78 Å². The minimum Gasteiger partial charge on any atom is -0.479 e. The molecule has 1 aromatic rings. The fraction of sp³-hybridized carbons (Fsp3) is 0.462. The van der Waals surface area contributed by atoms with Gasteiger partial charge in [0.2, 0.25) is 0 Å². The highest BCUT2D eigenvalue weighted by Crippen LogP contribution is 2.29. The lowest BCUT2D eigenvalue weighted by Crippen LogP contribution is -2.39. The normalized spacial score (nSPS) is 13.2. The van der Waals surface area contributed by atoms with Gasteiger partial charge in [-0.05, 0) is 12.1 Å². The SMILES string of the molecule is CC(C)(C)C(=O)C(CO)Oc1cc(Cl)ccc1Cl. The van der Waals surface area contributed by atoms with Gasteiger partial charge < -0.3 is 9.84 Å². The molecular formula is C13H16Cl2O3. The number of rotatable bonds is 4. The fourth-order valence-corrected chi connectivity index (χ4v) is 1.70. The molecule has 0 spiro atoms. The second-order valence-corrected chi connectivity index (χ2v) is 5.82. The molecule has 1 atom stereocenters. The van der Waals surface area contributed by atoms with E-state index in [1.807, 2.05) is 0 Å². The molecule has 100 valence electrons. The van der Waals surface area contributed by atoms with E-state index in [1.54, 1.807) is 32.9 Å². The summed E-state index contributed by atoms with van der Waals surface area (Å²) in [6.07, 6.45) is -0.944. The Morgan fingerprint density at radius 1 is 1.39 bits per heavy atom. The molecule has 1 rings (SSSR count). The molecule has 1 N–H and O–H groups in total. The Morgan fingerprint density at radius 3 is 2.50 bits per heavy atom. The minimum atomic E-state index is -0.944. The fourth-order valence-electron chi connectivity index (χ4n) is 1.38. The van der Waals surface area contributed by atoms with E-state index in [9.17, 15) is 9.90 Å². The Bertz CT molecular complexity index is 438. The molecule has 5 heteroatoms. The molecule has 0 aliphatic heterocycles. The van der Waals surface area contributed by atoms with Crippen molar-refractivity contribution in [3.8, 4) is 5.75 Å². The lowest BCUT2D eigenvalue weighted by atomic mass is 9.88. The van der Waals surface area contributed by atoms with Crippen LogP contribution in [0, 0.1) is 5.41 Å². The van der Waals surface area contributed by atoms with Crippen molar-refractivity contribution in [2.75, 3.05) is 6.61 Å². The van der Waals surface area contributed by atoms with Crippen molar-refractivity contribution in [1.29, 1.82) is 0 Å². The molecule has 0 amide bonds. The summed E-state index contributed by atoms with van der Waals surface area (Å²) >= 11 is 11.8. The Hall–Kier alpha value is -0.770. The molecule has 0 radical (unpaired) electrons. The van der Waals surface area contributed by atoms with Gasteiger partial charge in [-0.15, -0.1) is 0 Å². The summed E-state index contributed by atoms with van der Waals surface area (Å²) < 4.78 is 5.45. The summed E-state index contributed by atoms with van der Waals surface area (Å²) in [5.41, 5.74) is -0.599. The van der Waals surface area contributed by atoms with Crippen LogP contribution in [0.2, 0.25) is 10.0 Å². The van der Waals surface area contributed by atoms with Crippen molar-refractivity contribution in [2.24, 2.45) is 5.41 Å². The highest BCUT2D eigenvalue weighted by molar-refractivity contribution is 6.34. The van der Waals surface area contributed by atoms with Gasteiger partial charge in [-0.1, -0.05) is 44.0 Å². The quantitative estimate of drug-likeness (QED) is 0.925. The zero-order chi connectivity index (χ0) is 13.9. The summed E-state index contributed by atoms with van der Waals surface area (Å²) in [4.78, 5) is 12.0. The molecule has 0 saturated heterocycles. The van der Waals surface area contributed by atoms with Gasteiger partial charge in [0.25, 0.3) is 0 Å². The molecule has 0 saturated carbocycles. The summed E-state index contributed by atoms with van der Waals surface area (Å²) in [5.74, 6) is 0.0989. The maximum atomic E-state index is 12.0. The second-order valence-electron chi connectivity index (χ2n) is 4.98. The number of carbonyl (C=O) groups is 1. The molecule has 1 unspecified atom stereocenters. The number of carbonyl (C=O) groups excluding carboxylic acids is 1. The largest absolute Gasteiger partial charge is 0.479 e. The number of aliphatic hydroxyl groups is 1. The molecule has 0 heterocycles. The van der Waals surface area contributed by atoms with Crippen molar-refractivity contribution < 1.29 is 14.6 Å². The first-order valence-electron chi connectivity index (χ1n) is 5.52. The van der Waals surface area contributed by atoms with Crippen LogP contribution in [-0.2, 0) is 4.79 Å². The third kappa shape index (κ3) is 3.87. The summed E-state index contributed by atoms with van der Waals surface area (Å²) in [5, 5.41) is 10.1. The molecule has 0 bridgehead atoms. The highest BCUT2D eigenvalue weighted by atomic mass is 35.5. The lowest BCUT2D eigenvalue weighted by molar-refractivity contribution is -0.135. The number of hydrogen-bond donors (Lipinski definition) is 1. The Morgan fingerprint density at radius 2 is 2.00 bits per heavy atom. The Kier molecular flexibility index (Phi) is 5.02. The van der Waals surface area contributed by atoms with E-state index in [4.69, 9.17) is 27.9 Å². The highest BCUT2D eigenvalue weighted by Gasteiger charge is 2.31. The molecule has 3 nitrogen and oxygen atoms in total. The third-order valence-corrected chi connectivity index (χ3v) is 2.91. The summed E-state index contributed by atoms with van der Waals surface area (Å²) in [7, 11) is 0. The van der Waals surface area contributed by atoms with E-state index in [0.29, 0.717) is 15.8 Å². The topological polar surface area (TPSA) is 46.5 Å². The van der Waals surface area contributed by atoms with E-state index in [1.165, 1.54) is 6.07 Å². The number of ether oxygens (including phenoxy) is 1. The molecule has 0 aliphatic rings. The number of benzene rings is 1. The van der Waals surface area contributed by atoms with Gasteiger partial charge in [0.15, 0.2) is 11.9 Å². The third-order valence-electron chi connectivity index (χ3n) is 2.36. The minimum absolute atomic E-state index is 0.193. The van der Waals surface area contributed by atoms with Crippen LogP contribution in [0.1, 0.15) is 20.8 Å². The van der Waals surface area contributed by atoms with Gasteiger partial charge in [0.05, 0.1) is 11.6 Å². The summed E-state index contributed by atoms with van der Waals surface area (Å²) in [6.45, 7) is 4.89. The van der Waals surface area contributed by atoms with Crippen LogP contribution >= 0.6 is 23.2 Å². The van der Waals surface area contributed by atoms with E-state index < -0.39 is 18.1 Å². The van der Waals surface area contributed by atoms with Crippen LogP contribution in [0.3, 0.4) is 0 Å². The molecule has 0 fully saturated rings. The predicted molar refractivity (Wildman–Crippen MR) is 72.4 cm³/mol. The van der Waals surface area contributed by atoms with Gasteiger partial charge in [0.1, 0.15) is 5.75 Å². The van der Waals surface area contributed by atoms with E-state index in [0.717, 1.165) is 0 Å². The van der Waals surface area contributed by atoms with Gasteiger partial charge >= 0.3 is 0 Å². The number of hydrogen-bond acceptors (Lipinski definition) is 3. The average Bonchev–Trinajstić information content (AvgIpc) is 2.28. The number of halogens is 2. The van der Waals surface area contributed by atoms with Crippen molar-refractivity contribution in [3.05, 3.63) is 28.2 Å². The monoisotopic (exact) mass is 290 g/mol. The molecule has 0 aromatic heterocycles. The van der Waals surface area contributed by atoms with Crippen molar-refractivity contribution in [3.63, 3.8) is 0 Å². The summed E-state index contributed by atoms with van der Waals surface area (Å²) in [6, 6.07) is 4.72. The van der Waals surface area contributed by atoms with Gasteiger partial charge in [0, 0.05) is 16.5 Å². The van der Waals surface area contributed by atoms with Crippen LogP contribution in [0.15, 0.2) is 18.2 Å². The number of aliphatic hydroxyl groups excluding tert-OH is 1. The first-order valence-corrected chi connectivity index (χ1v) is 6.28. The van der Waals surface area contributed by atoms with Crippen LogP contribution in [-0.4, -0.2) is 23.6 Å². The van der Waals surface area contributed by atoms with Crippen LogP contribution < -0.4 is 4.74 Å². The zero-order valence-corrected chi connectivity index (χ0v) is 12.0. The maximum Gasteiger partial charge on any atom is 0.180 e. The lowest BCUT2D eigenvalue weighted by Gasteiger charge is -2.24. The molecule has 0 aliphatic carbocycles. The molecule has 1 aromatic carbocycles. The number of Topliss-reactive ketones (excluding diaryl/α,β-unsaturated/α-hetero) is 1. The standard InChI is InChI=1S/C13H16Cl2O3/c1-13(2,3)12(17)11(7-16)18-10-6-8(14)4-5-9(10)15/h4-6,11,16H,7H2,1-3H3. The maximum absolute atomic E-state index is 12.0. The van der Waals surface area contributed by atoms with E-state index >= 15 is 0 Å². The average molecular weight is 291 g/mol. The van der Waals surface area contributed by atoms with Gasteiger partial charge in [-0.3, -0.25) is 4.79 Å². The van der Waals surface area contributed by atoms with Crippen LogP contribution in [0.25, 0.3) is 0 Å². The first kappa shape index (κ1) is 15.3. The van der Waals surface area contributed by atoms with Crippen molar-refractivity contribution in [1.82, 2.24) is 0 Å². The van der Waals surface area contributed by atoms with Gasteiger partial charge in [-0.25, -0.2) is 0 Å². The number of ketones is 1. The Balaban J connectivity index is 2.93. The molecular weight excluding hydrogens is 275 g/mol. The second kappa shape index (κ2) is 5.91. The van der Waals surface area contributed by atoms with Crippen molar-refractivity contribution in [2.45, 2.75) is 26.9 Å². The molecule has 18 heavy (non-hydrogen) atoms. The van der Waals surface area contributed by atoms with E-state index in [2.05, 4.69) is 0 Å². The smallest absolute Gasteiger partial charge is 0.180 e. The predicted octanol–water partition coefficient (Wildman–Crippen LogP) is 3.35. The van der Waals surface area contributed by atoms with Gasteiger partial charge in [-0.2, -0.15) is 0 Å². The van der Waals surface area contributed by atoms with Crippen LogP contribution in [0.4, 0.5) is 0 Å². The first-order chi connectivity index (χ1) is 8.25. The van der Waals surface area contributed by atoms with Crippen LogP contribution in [0.5, 0.6) is 5.75 Å².